The number of rotatable bonds is 2. The van der Waals surface area contributed by atoms with E-state index in [-0.39, 0.29) is 5.43 Å². The molecule has 5 aromatic rings. The topological polar surface area (TPSA) is 26.3 Å². The summed E-state index contributed by atoms with van der Waals surface area (Å²) in [4.78, 5) is 12.9. The predicted molar refractivity (Wildman–Crippen MR) is 108 cm³/mol. The molecule has 0 atom stereocenters. The van der Waals surface area contributed by atoms with Gasteiger partial charge >= 0.3 is 0 Å². The van der Waals surface area contributed by atoms with Crippen molar-refractivity contribution in [3.63, 3.8) is 0 Å². The molecule has 0 radical (unpaired) electrons. The molecule has 0 saturated heterocycles. The zero-order chi connectivity index (χ0) is 17.1. The lowest BCUT2D eigenvalue weighted by atomic mass is 9.94. The highest BCUT2D eigenvalue weighted by Crippen LogP contribution is 2.42. The standard InChI is InChI=1S/C22H16O2S/c1-3-24-22-12(2)21(23)15-9-8-14-13-6-4-5-7-17(13)25-18-11-10-16(22)19(15)20(14)18/h4-11H,3H2,1-2H3. The van der Waals surface area contributed by atoms with Crippen molar-refractivity contribution in [2.75, 3.05) is 6.61 Å². The second-order valence-corrected chi connectivity index (χ2v) is 7.42. The lowest BCUT2D eigenvalue weighted by molar-refractivity contribution is 0.342. The Hall–Kier alpha value is -2.65. The van der Waals surface area contributed by atoms with Crippen molar-refractivity contribution >= 4 is 53.1 Å². The van der Waals surface area contributed by atoms with Crippen LogP contribution in [0.3, 0.4) is 0 Å². The monoisotopic (exact) mass is 344 g/mol. The minimum absolute atomic E-state index is 0.0727. The molecule has 5 rings (SSSR count). The predicted octanol–water partition coefficient (Wildman–Crippen LogP) is 5.87. The van der Waals surface area contributed by atoms with Gasteiger partial charge < -0.3 is 4.74 Å². The number of hydrogen-bond donors (Lipinski definition) is 0. The molecule has 0 N–H and O–H groups in total. The SMILES string of the molecule is CCOc1c(C)c(=O)c2ccc3c4ccccc4sc4ccc1c2c43. The van der Waals surface area contributed by atoms with Crippen molar-refractivity contribution in [1.29, 1.82) is 0 Å². The molecule has 0 fully saturated rings. The van der Waals surface area contributed by atoms with Gasteiger partial charge in [0.1, 0.15) is 5.75 Å². The van der Waals surface area contributed by atoms with Crippen LogP contribution in [0.1, 0.15) is 12.5 Å². The van der Waals surface area contributed by atoms with E-state index in [1.54, 1.807) is 11.3 Å². The van der Waals surface area contributed by atoms with Gasteiger partial charge in [-0.3, -0.25) is 4.79 Å². The molecule has 3 heteroatoms. The molecule has 1 aromatic heterocycles. The van der Waals surface area contributed by atoms with Crippen LogP contribution >= 0.6 is 11.3 Å². The van der Waals surface area contributed by atoms with Gasteiger partial charge in [0.15, 0.2) is 5.43 Å². The molecule has 0 aliphatic heterocycles. The zero-order valence-electron chi connectivity index (χ0n) is 14.1. The average Bonchev–Trinajstić information content (AvgIpc) is 2.65. The van der Waals surface area contributed by atoms with Gasteiger partial charge in [0.2, 0.25) is 0 Å². The van der Waals surface area contributed by atoms with Crippen molar-refractivity contribution in [2.45, 2.75) is 13.8 Å². The Morgan fingerprint density at radius 3 is 2.44 bits per heavy atom. The molecule has 2 nitrogen and oxygen atoms in total. The van der Waals surface area contributed by atoms with Crippen LogP contribution in [-0.2, 0) is 0 Å². The quantitative estimate of drug-likeness (QED) is 0.296. The van der Waals surface area contributed by atoms with Crippen molar-refractivity contribution in [3.05, 3.63) is 64.3 Å². The molecule has 0 spiro atoms. The van der Waals surface area contributed by atoms with Crippen LogP contribution in [0.25, 0.3) is 41.7 Å². The van der Waals surface area contributed by atoms with Gasteiger partial charge in [-0.15, -0.1) is 11.3 Å². The molecule has 0 aliphatic rings. The highest BCUT2D eigenvalue weighted by Gasteiger charge is 2.18. The smallest absolute Gasteiger partial charge is 0.193 e. The lowest BCUT2D eigenvalue weighted by Crippen LogP contribution is -2.09. The van der Waals surface area contributed by atoms with Crippen LogP contribution in [0.5, 0.6) is 5.75 Å². The Kier molecular flexibility index (Phi) is 3.03. The molecular formula is C22H16O2S. The maximum absolute atomic E-state index is 12.9. The van der Waals surface area contributed by atoms with E-state index < -0.39 is 0 Å². The summed E-state index contributed by atoms with van der Waals surface area (Å²) < 4.78 is 8.33. The zero-order valence-corrected chi connectivity index (χ0v) is 14.9. The largest absolute Gasteiger partial charge is 0.493 e. The van der Waals surface area contributed by atoms with Gasteiger partial charge in [-0.25, -0.2) is 0 Å². The fourth-order valence-corrected chi connectivity index (χ4v) is 5.01. The van der Waals surface area contributed by atoms with Gasteiger partial charge in [-0.2, -0.15) is 0 Å². The lowest BCUT2D eigenvalue weighted by Gasteiger charge is -2.16. The Balaban J connectivity index is 2.13. The first kappa shape index (κ1) is 14.7. The first-order valence-electron chi connectivity index (χ1n) is 8.46. The Morgan fingerprint density at radius 2 is 1.60 bits per heavy atom. The van der Waals surface area contributed by atoms with Gasteiger partial charge in [0.05, 0.1) is 6.61 Å². The highest BCUT2D eigenvalue weighted by molar-refractivity contribution is 7.25. The third-order valence-electron chi connectivity index (χ3n) is 4.98. The van der Waals surface area contributed by atoms with E-state index in [1.807, 2.05) is 19.9 Å². The van der Waals surface area contributed by atoms with Crippen molar-refractivity contribution in [3.8, 4) is 5.75 Å². The summed E-state index contributed by atoms with van der Waals surface area (Å²) in [5, 5.41) is 6.48. The minimum Gasteiger partial charge on any atom is -0.493 e. The van der Waals surface area contributed by atoms with Crippen molar-refractivity contribution in [1.82, 2.24) is 0 Å². The third kappa shape index (κ3) is 1.87. The van der Waals surface area contributed by atoms with Crippen LogP contribution in [0.2, 0.25) is 0 Å². The van der Waals surface area contributed by atoms with E-state index in [2.05, 4.69) is 42.5 Å². The second kappa shape index (κ2) is 5.17. The fourth-order valence-electron chi connectivity index (χ4n) is 3.89. The number of fused-ring (bicyclic) bond motifs is 2. The van der Waals surface area contributed by atoms with Crippen LogP contribution in [-0.4, -0.2) is 6.61 Å². The molecule has 1 heterocycles. The summed E-state index contributed by atoms with van der Waals surface area (Å²) >= 11 is 1.78. The van der Waals surface area contributed by atoms with Crippen LogP contribution < -0.4 is 10.2 Å². The maximum atomic E-state index is 12.9. The summed E-state index contributed by atoms with van der Waals surface area (Å²) in [5.41, 5.74) is 0.768. The molecule has 0 bridgehead atoms. The highest BCUT2D eigenvalue weighted by atomic mass is 32.1. The Bertz CT molecular complexity index is 1330. The normalized spacial score (nSPS) is 11.9. The van der Waals surface area contributed by atoms with E-state index in [0.717, 1.165) is 21.9 Å². The Morgan fingerprint density at radius 1 is 0.840 bits per heavy atom. The number of ether oxygens (including phenoxy) is 1. The molecule has 0 unspecified atom stereocenters. The summed E-state index contributed by atoms with van der Waals surface area (Å²) in [5.74, 6) is 0.729. The van der Waals surface area contributed by atoms with Crippen LogP contribution in [0.15, 0.2) is 53.3 Å². The first-order valence-corrected chi connectivity index (χ1v) is 9.28. The Labute approximate surface area is 148 Å². The molecule has 0 amide bonds. The van der Waals surface area contributed by atoms with Crippen molar-refractivity contribution in [2.24, 2.45) is 0 Å². The third-order valence-corrected chi connectivity index (χ3v) is 6.11. The van der Waals surface area contributed by atoms with Crippen LogP contribution in [0.4, 0.5) is 0 Å². The van der Waals surface area contributed by atoms with Gasteiger partial charge in [0, 0.05) is 36.5 Å². The van der Waals surface area contributed by atoms with E-state index in [1.165, 1.54) is 25.6 Å². The van der Waals surface area contributed by atoms with Crippen LogP contribution in [0, 0.1) is 6.92 Å². The molecular weight excluding hydrogens is 328 g/mol. The fraction of sp³-hybridized carbons (Fsp3) is 0.136. The van der Waals surface area contributed by atoms with Gasteiger partial charge in [-0.05, 0) is 48.9 Å². The van der Waals surface area contributed by atoms with Gasteiger partial charge in [0.25, 0.3) is 0 Å². The van der Waals surface area contributed by atoms with E-state index >= 15 is 0 Å². The minimum atomic E-state index is 0.0727. The maximum Gasteiger partial charge on any atom is 0.193 e. The second-order valence-electron chi connectivity index (χ2n) is 6.34. The number of hydrogen-bond acceptors (Lipinski definition) is 3. The van der Waals surface area contributed by atoms with E-state index in [0.29, 0.717) is 12.2 Å². The summed E-state index contributed by atoms with van der Waals surface area (Å²) in [6.45, 7) is 4.37. The molecule has 4 aromatic carbocycles. The van der Waals surface area contributed by atoms with Crippen molar-refractivity contribution < 1.29 is 4.74 Å². The van der Waals surface area contributed by atoms with E-state index in [4.69, 9.17) is 4.74 Å². The summed E-state index contributed by atoms with van der Waals surface area (Å²) in [7, 11) is 0. The molecule has 25 heavy (non-hydrogen) atoms. The first-order chi connectivity index (χ1) is 12.2. The molecule has 0 aliphatic carbocycles. The summed E-state index contributed by atoms with van der Waals surface area (Å²) in [6, 6.07) is 16.8. The molecule has 0 saturated carbocycles. The number of benzene rings is 4. The average molecular weight is 344 g/mol. The molecule has 122 valence electrons. The van der Waals surface area contributed by atoms with Gasteiger partial charge in [-0.1, -0.05) is 24.3 Å². The summed E-state index contributed by atoms with van der Waals surface area (Å²) in [6.07, 6.45) is 0. The van der Waals surface area contributed by atoms with E-state index in [9.17, 15) is 4.79 Å².